The lowest BCUT2D eigenvalue weighted by Crippen LogP contribution is -2.25. The van der Waals surface area contributed by atoms with E-state index < -0.39 is 0 Å². The van der Waals surface area contributed by atoms with Crippen LogP contribution in [0.1, 0.15) is 25.3 Å². The van der Waals surface area contributed by atoms with Crippen molar-refractivity contribution in [2.45, 2.75) is 19.8 Å². The van der Waals surface area contributed by atoms with E-state index in [2.05, 4.69) is 4.85 Å². The molecule has 0 amide bonds. The van der Waals surface area contributed by atoms with Gasteiger partial charge in [0.1, 0.15) is 0 Å². The molecule has 0 aromatic carbocycles. The largest absolute Gasteiger partial charge is 0.620 e. The molecule has 0 radical (unpaired) electrons. The molecule has 0 spiro atoms. The number of pyridine rings is 1. The minimum Gasteiger partial charge on any atom is -0.620 e. The van der Waals surface area contributed by atoms with Crippen LogP contribution in [0.3, 0.4) is 0 Å². The van der Waals surface area contributed by atoms with Gasteiger partial charge in [0.15, 0.2) is 12.4 Å². The summed E-state index contributed by atoms with van der Waals surface area (Å²) < 4.78 is 0.683. The Labute approximate surface area is 71.7 Å². The number of rotatable bonds is 1. The molecule has 0 aliphatic carbocycles. The smallest absolute Gasteiger partial charge is 0.250 e. The second-order valence-corrected chi connectivity index (χ2v) is 2.95. The van der Waals surface area contributed by atoms with Gasteiger partial charge >= 0.3 is 0 Å². The quantitative estimate of drug-likeness (QED) is 0.353. The molecular weight excluding hydrogens is 152 g/mol. The molecule has 1 heterocycles. The van der Waals surface area contributed by atoms with Crippen LogP contribution in [-0.2, 0) is 0 Å². The van der Waals surface area contributed by atoms with Gasteiger partial charge in [-0.15, -0.1) is 0 Å². The van der Waals surface area contributed by atoms with Gasteiger partial charge in [-0.25, -0.2) is 4.85 Å². The van der Waals surface area contributed by atoms with Crippen molar-refractivity contribution in [2.75, 3.05) is 0 Å². The predicted octanol–water partition coefficient (Wildman–Crippen LogP) is 1.99. The van der Waals surface area contributed by atoms with E-state index in [1.807, 2.05) is 13.8 Å². The standard InChI is InChI=1S/C9H10N2O/c1-7(2)8-4-9(10-3)6-11(12)5-8/h4-7H,1-2H3. The maximum absolute atomic E-state index is 10.9. The molecule has 3 nitrogen and oxygen atoms in total. The highest BCUT2D eigenvalue weighted by Gasteiger charge is 2.05. The summed E-state index contributed by atoms with van der Waals surface area (Å²) >= 11 is 0. The summed E-state index contributed by atoms with van der Waals surface area (Å²) in [5.41, 5.74) is 1.30. The average Bonchev–Trinajstić information content (AvgIpc) is 2.03. The second-order valence-electron chi connectivity index (χ2n) is 2.95. The maximum atomic E-state index is 10.9. The fraction of sp³-hybridized carbons (Fsp3) is 0.333. The van der Waals surface area contributed by atoms with Gasteiger partial charge in [0.25, 0.3) is 5.69 Å². The third kappa shape index (κ3) is 1.73. The molecule has 62 valence electrons. The minimum absolute atomic E-state index is 0.284. The van der Waals surface area contributed by atoms with Gasteiger partial charge in [-0.1, -0.05) is 13.8 Å². The first-order valence-electron chi connectivity index (χ1n) is 3.74. The Morgan fingerprint density at radius 2 is 2.17 bits per heavy atom. The zero-order valence-electron chi connectivity index (χ0n) is 7.11. The summed E-state index contributed by atoms with van der Waals surface area (Å²) in [7, 11) is 0. The summed E-state index contributed by atoms with van der Waals surface area (Å²) in [6.07, 6.45) is 2.78. The first-order chi connectivity index (χ1) is 5.63. The van der Waals surface area contributed by atoms with Crippen molar-refractivity contribution in [3.05, 3.63) is 40.6 Å². The van der Waals surface area contributed by atoms with E-state index in [1.54, 1.807) is 6.07 Å². The van der Waals surface area contributed by atoms with Gasteiger partial charge in [-0.05, 0) is 12.0 Å². The molecule has 0 saturated heterocycles. The van der Waals surface area contributed by atoms with E-state index in [9.17, 15) is 5.21 Å². The van der Waals surface area contributed by atoms with Crippen LogP contribution >= 0.6 is 0 Å². The van der Waals surface area contributed by atoms with Crippen molar-refractivity contribution in [3.8, 4) is 0 Å². The van der Waals surface area contributed by atoms with Crippen LogP contribution in [0, 0.1) is 11.8 Å². The van der Waals surface area contributed by atoms with Gasteiger partial charge in [0, 0.05) is 5.56 Å². The van der Waals surface area contributed by atoms with Crippen molar-refractivity contribution >= 4 is 5.69 Å². The van der Waals surface area contributed by atoms with E-state index in [0.717, 1.165) is 5.56 Å². The molecule has 1 rings (SSSR count). The molecule has 0 atom stereocenters. The molecule has 0 fully saturated rings. The van der Waals surface area contributed by atoms with Gasteiger partial charge in [-0.3, -0.25) is 0 Å². The molecule has 3 heteroatoms. The second kappa shape index (κ2) is 3.22. The van der Waals surface area contributed by atoms with Crippen LogP contribution in [0.5, 0.6) is 0 Å². The van der Waals surface area contributed by atoms with E-state index in [1.165, 1.54) is 12.4 Å². The molecule has 0 bridgehead atoms. The Balaban J connectivity index is 3.17. The summed E-state index contributed by atoms with van der Waals surface area (Å²) in [5.74, 6) is 0.284. The summed E-state index contributed by atoms with van der Waals surface area (Å²) in [6, 6.07) is 1.74. The van der Waals surface area contributed by atoms with Gasteiger partial charge in [-0.2, -0.15) is 4.73 Å². The third-order valence-electron chi connectivity index (χ3n) is 1.65. The van der Waals surface area contributed by atoms with Crippen molar-refractivity contribution in [3.63, 3.8) is 0 Å². The van der Waals surface area contributed by atoms with Gasteiger partial charge in [0.05, 0.1) is 6.57 Å². The minimum atomic E-state index is 0.284. The van der Waals surface area contributed by atoms with Crippen LogP contribution in [-0.4, -0.2) is 0 Å². The number of aromatic nitrogens is 1. The summed E-state index contributed by atoms with van der Waals surface area (Å²) in [4.78, 5) is 3.20. The van der Waals surface area contributed by atoms with Crippen molar-refractivity contribution in [1.29, 1.82) is 0 Å². The van der Waals surface area contributed by atoms with E-state index >= 15 is 0 Å². The lowest BCUT2D eigenvalue weighted by atomic mass is 10.1. The van der Waals surface area contributed by atoms with Gasteiger partial charge < -0.3 is 5.21 Å². The molecule has 0 saturated carbocycles. The van der Waals surface area contributed by atoms with Crippen LogP contribution in [0.4, 0.5) is 5.69 Å². The van der Waals surface area contributed by atoms with Crippen LogP contribution in [0.25, 0.3) is 4.85 Å². The monoisotopic (exact) mass is 162 g/mol. The molecule has 0 aliphatic rings. The zero-order chi connectivity index (χ0) is 9.14. The molecule has 1 aromatic rings. The maximum Gasteiger partial charge on any atom is 0.250 e. The lowest BCUT2D eigenvalue weighted by molar-refractivity contribution is -0.605. The Kier molecular flexibility index (Phi) is 2.29. The molecule has 12 heavy (non-hydrogen) atoms. The number of hydrogen-bond donors (Lipinski definition) is 0. The molecule has 1 aromatic heterocycles. The summed E-state index contributed by atoms with van der Waals surface area (Å²) in [5, 5.41) is 10.9. The van der Waals surface area contributed by atoms with Crippen LogP contribution < -0.4 is 4.73 Å². The van der Waals surface area contributed by atoms with E-state index in [0.29, 0.717) is 10.4 Å². The number of nitrogens with zero attached hydrogens (tertiary/aromatic N) is 2. The van der Waals surface area contributed by atoms with Crippen LogP contribution in [0.2, 0.25) is 0 Å². The average molecular weight is 162 g/mol. The summed E-state index contributed by atoms with van der Waals surface area (Å²) in [6.45, 7) is 10.7. The fourth-order valence-corrected chi connectivity index (χ4v) is 0.937. The Morgan fingerprint density at radius 3 is 2.67 bits per heavy atom. The first-order valence-corrected chi connectivity index (χ1v) is 3.74. The van der Waals surface area contributed by atoms with E-state index in [-0.39, 0.29) is 5.92 Å². The Bertz CT molecular complexity index is 326. The molecule has 0 unspecified atom stereocenters. The van der Waals surface area contributed by atoms with E-state index in [4.69, 9.17) is 6.57 Å². The number of hydrogen-bond acceptors (Lipinski definition) is 1. The van der Waals surface area contributed by atoms with Crippen molar-refractivity contribution in [1.82, 2.24) is 0 Å². The normalized spacial score (nSPS) is 9.83. The molecular formula is C9H10N2O. The third-order valence-corrected chi connectivity index (χ3v) is 1.65. The van der Waals surface area contributed by atoms with Crippen molar-refractivity contribution in [2.24, 2.45) is 0 Å². The fourth-order valence-electron chi connectivity index (χ4n) is 0.937. The van der Waals surface area contributed by atoms with Crippen molar-refractivity contribution < 1.29 is 4.73 Å². The molecule has 0 aliphatic heterocycles. The first kappa shape index (κ1) is 8.54. The van der Waals surface area contributed by atoms with Crippen LogP contribution in [0.15, 0.2) is 18.5 Å². The van der Waals surface area contributed by atoms with Gasteiger partial charge in [0.2, 0.25) is 0 Å². The highest BCUT2D eigenvalue weighted by Crippen LogP contribution is 2.17. The predicted molar refractivity (Wildman–Crippen MR) is 45.8 cm³/mol. The zero-order valence-corrected chi connectivity index (χ0v) is 7.11. The highest BCUT2D eigenvalue weighted by atomic mass is 16.5. The molecule has 0 N–H and O–H groups in total. The highest BCUT2D eigenvalue weighted by molar-refractivity contribution is 5.42. The lowest BCUT2D eigenvalue weighted by Gasteiger charge is -2.04. The Morgan fingerprint density at radius 1 is 1.50 bits per heavy atom. The Hall–Kier alpha value is -1.56. The topological polar surface area (TPSA) is 31.3 Å². The SMILES string of the molecule is [C-]#[N+]c1cc(C(C)C)c[n+]([O-])c1.